The van der Waals surface area contributed by atoms with Gasteiger partial charge in [-0.1, -0.05) is 25.1 Å². The molecule has 2 aromatic rings. The van der Waals surface area contributed by atoms with E-state index in [2.05, 4.69) is 10.0 Å². The maximum atomic E-state index is 13.2. The number of anilines is 1. The lowest BCUT2D eigenvalue weighted by Gasteiger charge is -2.38. The van der Waals surface area contributed by atoms with E-state index in [1.54, 1.807) is 33.1 Å². The van der Waals surface area contributed by atoms with Crippen LogP contribution in [0, 0.1) is 6.92 Å². The molecule has 168 valence electrons. The van der Waals surface area contributed by atoms with Gasteiger partial charge in [-0.2, -0.15) is 0 Å². The third-order valence-corrected chi connectivity index (χ3v) is 7.36. The summed E-state index contributed by atoms with van der Waals surface area (Å²) in [5, 5.41) is 2.75. The van der Waals surface area contributed by atoms with Gasteiger partial charge in [0.05, 0.1) is 12.0 Å². The van der Waals surface area contributed by atoms with Gasteiger partial charge in [-0.15, -0.1) is 0 Å². The van der Waals surface area contributed by atoms with Crippen LogP contribution >= 0.6 is 0 Å². The number of benzene rings is 2. The summed E-state index contributed by atoms with van der Waals surface area (Å²) in [4.78, 5) is 11.8. The number of hydrogen-bond donors (Lipinski definition) is 2. The fourth-order valence-corrected chi connectivity index (χ4v) is 5.33. The Morgan fingerprint density at radius 3 is 2.52 bits per heavy atom. The Morgan fingerprint density at radius 2 is 1.87 bits per heavy atom. The smallest absolute Gasteiger partial charge is 0.240 e. The molecular formula is C23H30N2O5S. The van der Waals surface area contributed by atoms with Crippen molar-refractivity contribution in [3.8, 4) is 5.75 Å². The molecule has 7 nitrogen and oxygen atoms in total. The molecule has 0 saturated carbocycles. The summed E-state index contributed by atoms with van der Waals surface area (Å²) < 4.78 is 40.2. The molecule has 0 aliphatic carbocycles. The number of sulfonamides is 1. The molecule has 1 aliphatic rings. The van der Waals surface area contributed by atoms with Crippen molar-refractivity contribution in [3.05, 3.63) is 53.6 Å². The van der Waals surface area contributed by atoms with E-state index in [1.807, 2.05) is 24.3 Å². The highest BCUT2D eigenvalue weighted by Gasteiger charge is 2.38. The molecule has 3 rings (SSSR count). The maximum Gasteiger partial charge on any atom is 0.240 e. The van der Waals surface area contributed by atoms with Crippen LogP contribution in [0.1, 0.15) is 37.3 Å². The van der Waals surface area contributed by atoms with Crippen molar-refractivity contribution in [2.24, 2.45) is 0 Å². The number of rotatable bonds is 8. The van der Waals surface area contributed by atoms with Crippen LogP contribution in [-0.2, 0) is 25.0 Å². The van der Waals surface area contributed by atoms with Gasteiger partial charge in [0.15, 0.2) is 0 Å². The second-order valence-corrected chi connectivity index (χ2v) is 9.53. The summed E-state index contributed by atoms with van der Waals surface area (Å²) in [5.74, 6) is 0.627. The first kappa shape index (κ1) is 23.2. The molecule has 1 heterocycles. The molecule has 1 aliphatic heterocycles. The highest BCUT2D eigenvalue weighted by atomic mass is 32.2. The number of carbonyl (C=O) groups excluding carboxylic acids is 1. The van der Waals surface area contributed by atoms with E-state index < -0.39 is 15.4 Å². The van der Waals surface area contributed by atoms with Crippen molar-refractivity contribution in [3.63, 3.8) is 0 Å². The van der Waals surface area contributed by atoms with Gasteiger partial charge in [-0.3, -0.25) is 4.79 Å². The zero-order chi connectivity index (χ0) is 22.5. The molecule has 0 unspecified atom stereocenters. The Labute approximate surface area is 184 Å². The average Bonchev–Trinajstić information content (AvgIpc) is 2.78. The van der Waals surface area contributed by atoms with Crippen LogP contribution in [0.15, 0.2) is 47.4 Å². The third kappa shape index (κ3) is 5.26. The van der Waals surface area contributed by atoms with Gasteiger partial charge < -0.3 is 14.8 Å². The van der Waals surface area contributed by atoms with Crippen LogP contribution in [0.25, 0.3) is 0 Å². The highest BCUT2D eigenvalue weighted by Crippen LogP contribution is 2.39. The maximum absolute atomic E-state index is 13.2. The van der Waals surface area contributed by atoms with E-state index in [4.69, 9.17) is 9.47 Å². The van der Waals surface area contributed by atoms with E-state index in [1.165, 1.54) is 6.07 Å². The lowest BCUT2D eigenvalue weighted by Crippen LogP contribution is -2.44. The molecule has 1 saturated heterocycles. The molecule has 1 fully saturated rings. The molecule has 8 heteroatoms. The number of carbonyl (C=O) groups is 1. The summed E-state index contributed by atoms with van der Waals surface area (Å²) in [6.45, 7) is 4.85. The second-order valence-electron chi connectivity index (χ2n) is 7.80. The molecular weight excluding hydrogens is 416 g/mol. The minimum absolute atomic E-state index is 0.119. The zero-order valence-corrected chi connectivity index (χ0v) is 19.1. The predicted molar refractivity (Wildman–Crippen MR) is 120 cm³/mol. The predicted octanol–water partition coefficient (Wildman–Crippen LogP) is 3.38. The number of methoxy groups -OCH3 is 1. The number of hydrogen-bond acceptors (Lipinski definition) is 5. The first-order valence-corrected chi connectivity index (χ1v) is 11.9. The molecule has 0 bridgehead atoms. The van der Waals surface area contributed by atoms with Crippen LogP contribution in [0.4, 0.5) is 5.69 Å². The second kappa shape index (κ2) is 9.80. The van der Waals surface area contributed by atoms with E-state index in [-0.39, 0.29) is 17.3 Å². The van der Waals surface area contributed by atoms with Gasteiger partial charge in [0.1, 0.15) is 5.75 Å². The standard InChI is InChI=1S/C23H30N2O5S/c1-4-22(26)25-18-9-10-21(17(2)15-18)31(27,28)24-16-23(11-13-30-14-12-23)19-7-5-6-8-20(19)29-3/h5-10,15,24H,4,11-14,16H2,1-3H3,(H,25,26). The molecule has 0 atom stereocenters. The first-order valence-electron chi connectivity index (χ1n) is 10.4. The molecule has 1 amide bonds. The van der Waals surface area contributed by atoms with Crippen molar-refractivity contribution < 1.29 is 22.7 Å². The molecule has 0 spiro atoms. The molecule has 31 heavy (non-hydrogen) atoms. The Kier molecular flexibility index (Phi) is 7.35. The number of aryl methyl sites for hydroxylation is 1. The van der Waals surface area contributed by atoms with Crippen molar-refractivity contribution >= 4 is 21.6 Å². The summed E-state index contributed by atoms with van der Waals surface area (Å²) in [5.41, 5.74) is 1.72. The third-order valence-electron chi connectivity index (χ3n) is 5.80. The Bertz CT molecular complexity index is 1030. The van der Waals surface area contributed by atoms with Crippen LogP contribution in [0.3, 0.4) is 0 Å². The molecule has 0 aromatic heterocycles. The van der Waals surface area contributed by atoms with Crippen molar-refractivity contribution in [2.45, 2.75) is 43.4 Å². The van der Waals surface area contributed by atoms with Gasteiger partial charge in [0.2, 0.25) is 15.9 Å². The average molecular weight is 447 g/mol. The Morgan fingerprint density at radius 1 is 1.16 bits per heavy atom. The Balaban J connectivity index is 1.85. The van der Waals surface area contributed by atoms with Crippen LogP contribution < -0.4 is 14.8 Å². The fourth-order valence-electron chi connectivity index (χ4n) is 3.98. The molecule has 2 aromatic carbocycles. The summed E-state index contributed by atoms with van der Waals surface area (Å²) >= 11 is 0. The van der Waals surface area contributed by atoms with Gasteiger partial charge in [0, 0.05) is 42.8 Å². The lowest BCUT2D eigenvalue weighted by atomic mass is 9.74. The van der Waals surface area contributed by atoms with Crippen molar-refractivity contribution in [1.82, 2.24) is 4.72 Å². The van der Waals surface area contributed by atoms with Crippen molar-refractivity contribution in [1.29, 1.82) is 0 Å². The lowest BCUT2D eigenvalue weighted by molar-refractivity contribution is -0.115. The van der Waals surface area contributed by atoms with E-state index in [0.29, 0.717) is 43.7 Å². The van der Waals surface area contributed by atoms with Gasteiger partial charge >= 0.3 is 0 Å². The van der Waals surface area contributed by atoms with Gasteiger partial charge in [-0.25, -0.2) is 13.1 Å². The van der Waals surface area contributed by atoms with E-state index in [9.17, 15) is 13.2 Å². The van der Waals surface area contributed by atoms with E-state index >= 15 is 0 Å². The SMILES string of the molecule is CCC(=O)Nc1ccc(S(=O)(=O)NCC2(c3ccccc3OC)CCOCC2)c(C)c1. The van der Waals surface area contributed by atoms with E-state index in [0.717, 1.165) is 11.3 Å². The van der Waals surface area contributed by atoms with Gasteiger partial charge in [-0.05, 0) is 49.6 Å². The molecule has 0 radical (unpaired) electrons. The highest BCUT2D eigenvalue weighted by molar-refractivity contribution is 7.89. The Hall–Kier alpha value is -2.42. The number of amides is 1. The zero-order valence-electron chi connectivity index (χ0n) is 18.2. The number of nitrogens with one attached hydrogen (secondary N) is 2. The minimum Gasteiger partial charge on any atom is -0.496 e. The minimum atomic E-state index is -3.75. The fraction of sp³-hybridized carbons (Fsp3) is 0.435. The summed E-state index contributed by atoms with van der Waals surface area (Å²) in [6, 6.07) is 12.6. The van der Waals surface area contributed by atoms with Crippen LogP contribution in [0.5, 0.6) is 5.75 Å². The molecule has 2 N–H and O–H groups in total. The van der Waals surface area contributed by atoms with Gasteiger partial charge in [0.25, 0.3) is 0 Å². The number of para-hydroxylation sites is 1. The largest absolute Gasteiger partial charge is 0.496 e. The normalized spacial score (nSPS) is 16.0. The van der Waals surface area contributed by atoms with Crippen LogP contribution in [-0.4, -0.2) is 41.2 Å². The first-order chi connectivity index (χ1) is 14.8. The topological polar surface area (TPSA) is 93.7 Å². The quantitative estimate of drug-likeness (QED) is 0.648. The summed E-state index contributed by atoms with van der Waals surface area (Å²) in [6.07, 6.45) is 1.74. The summed E-state index contributed by atoms with van der Waals surface area (Å²) in [7, 11) is -2.13. The monoisotopic (exact) mass is 446 g/mol. The number of ether oxygens (including phenoxy) is 2. The van der Waals surface area contributed by atoms with Crippen LogP contribution in [0.2, 0.25) is 0 Å². The van der Waals surface area contributed by atoms with Crippen molar-refractivity contribution in [2.75, 3.05) is 32.2 Å².